The van der Waals surface area contributed by atoms with Crippen LogP contribution in [0.1, 0.15) is 6.42 Å². The average molecular weight is 98.1 g/mol. The first-order valence-electron chi connectivity index (χ1n) is 1.65. The van der Waals surface area contributed by atoms with Crippen LogP contribution < -0.4 is 0 Å². The monoisotopic (exact) mass is 98.0 g/mol. The van der Waals surface area contributed by atoms with Crippen LogP contribution in [0.3, 0.4) is 0 Å². The van der Waals surface area contributed by atoms with Crippen molar-refractivity contribution < 1.29 is 5.11 Å². The number of rotatable bonds is 1. The second kappa shape index (κ2) is 20.4. The lowest BCUT2D eigenvalue weighted by Crippen LogP contribution is -1.72. The predicted octanol–water partition coefficient (Wildman–Crippen LogP) is 0.0322. The highest BCUT2D eigenvalue weighted by Crippen LogP contribution is 1.62. The first-order chi connectivity index (χ1) is 3.41. The van der Waals surface area contributed by atoms with E-state index in [2.05, 4.69) is 6.57 Å². The van der Waals surface area contributed by atoms with Gasteiger partial charge in [-0.3, -0.25) is 0 Å². The first kappa shape index (κ1) is 9.34. The van der Waals surface area contributed by atoms with Gasteiger partial charge in [0, 0.05) is 6.57 Å². The Hall–Kier alpha value is -1.06. The van der Waals surface area contributed by atoms with Gasteiger partial charge in [0.2, 0.25) is 0 Å². The molecule has 0 rings (SSSR count). The largest absolute Gasteiger partial charge is 0.395 e. The lowest BCUT2D eigenvalue weighted by Gasteiger charge is -1.67. The third kappa shape index (κ3) is 48.3. The summed E-state index contributed by atoms with van der Waals surface area (Å²) in [5, 5.41) is 22.0. The van der Waals surface area contributed by atoms with Gasteiger partial charge in [-0.1, -0.05) is 0 Å². The van der Waals surface area contributed by atoms with Gasteiger partial charge in [-0.15, -0.1) is 0 Å². The maximum absolute atomic E-state index is 7.84. The molecule has 38 valence electrons. The van der Waals surface area contributed by atoms with Crippen LogP contribution in [0.2, 0.25) is 0 Å². The third-order valence-corrected chi connectivity index (χ3v) is 0.224. The molecular weight excluding hydrogens is 92.1 g/mol. The quantitative estimate of drug-likeness (QED) is 0.503. The van der Waals surface area contributed by atoms with Gasteiger partial charge in [-0.05, 0) is 0 Å². The lowest BCUT2D eigenvalue weighted by molar-refractivity contribution is 0.304. The van der Waals surface area contributed by atoms with Crippen molar-refractivity contribution in [1.29, 1.82) is 10.5 Å². The molecule has 0 saturated carbocycles. The minimum atomic E-state index is -0.0174. The van der Waals surface area contributed by atoms with E-state index < -0.39 is 0 Å². The van der Waals surface area contributed by atoms with Crippen LogP contribution in [0, 0.1) is 23.2 Å². The van der Waals surface area contributed by atoms with Crippen molar-refractivity contribution in [3.63, 3.8) is 0 Å². The topological polar surface area (TPSA) is 67.8 Å². The van der Waals surface area contributed by atoms with Crippen molar-refractivity contribution in [3.8, 4) is 12.6 Å². The highest BCUT2D eigenvalue weighted by atomic mass is 16.2. The lowest BCUT2D eigenvalue weighted by atomic mass is 10.5. The van der Waals surface area contributed by atoms with Gasteiger partial charge in [-0.2, -0.15) is 5.26 Å². The Morgan fingerprint density at radius 2 is 2.00 bits per heavy atom. The summed E-state index contributed by atoms with van der Waals surface area (Å²) < 4.78 is 0. The Morgan fingerprint density at radius 3 is 2.00 bits per heavy atom. The van der Waals surface area contributed by atoms with E-state index in [0.29, 0.717) is 0 Å². The molecule has 7 heavy (non-hydrogen) atoms. The van der Waals surface area contributed by atoms with Crippen molar-refractivity contribution >= 4 is 0 Å². The summed E-state index contributed by atoms with van der Waals surface area (Å²) in [6.07, 6.45) is 0.250. The number of nitriles is 2. The van der Waals surface area contributed by atoms with Gasteiger partial charge in [0.05, 0.1) is 19.1 Å². The second-order valence-corrected chi connectivity index (χ2v) is 0.632. The Balaban J connectivity index is 0. The van der Waals surface area contributed by atoms with Crippen molar-refractivity contribution in [2.45, 2.75) is 6.42 Å². The molecule has 0 amide bonds. The smallest absolute Gasteiger partial charge is 0.0645 e. The molecule has 0 aromatic carbocycles. The molecular formula is C4H6N2O. The Morgan fingerprint density at radius 1 is 1.57 bits per heavy atom. The Kier molecular flexibility index (Phi) is 27.2. The van der Waals surface area contributed by atoms with Gasteiger partial charge < -0.3 is 5.11 Å². The Labute approximate surface area is 42.4 Å². The molecule has 0 fully saturated rings. The second-order valence-electron chi connectivity index (χ2n) is 0.632. The molecule has 0 radical (unpaired) electrons. The van der Waals surface area contributed by atoms with Gasteiger partial charge in [-0.25, -0.2) is 5.26 Å². The van der Waals surface area contributed by atoms with E-state index in [9.17, 15) is 0 Å². The van der Waals surface area contributed by atoms with Gasteiger partial charge >= 0.3 is 0 Å². The standard InChI is InChI=1S/C3H5NO.CHN/c4-2-1-3-5;1-2/h5H,1,3H2;1H. The van der Waals surface area contributed by atoms with E-state index in [-0.39, 0.29) is 13.0 Å². The fourth-order valence-electron chi connectivity index (χ4n) is 0.0500. The minimum Gasteiger partial charge on any atom is -0.395 e. The molecule has 0 aromatic rings. The summed E-state index contributed by atoms with van der Waals surface area (Å²) in [6, 6.07) is 1.77. The minimum absolute atomic E-state index is 0.0174. The number of aliphatic hydroxyl groups is 1. The fraction of sp³-hybridized carbons (Fsp3) is 0.500. The number of hydrogen-bond acceptors (Lipinski definition) is 3. The maximum Gasteiger partial charge on any atom is 0.0645 e. The van der Waals surface area contributed by atoms with Crippen LogP contribution in [-0.2, 0) is 0 Å². The average Bonchev–Trinajstić information content (AvgIpc) is 1.75. The van der Waals surface area contributed by atoms with Gasteiger partial charge in [0.15, 0.2) is 0 Å². The van der Waals surface area contributed by atoms with Gasteiger partial charge in [0.1, 0.15) is 0 Å². The van der Waals surface area contributed by atoms with E-state index >= 15 is 0 Å². The summed E-state index contributed by atoms with van der Waals surface area (Å²) >= 11 is 0. The molecule has 0 aliphatic carbocycles. The molecule has 0 bridgehead atoms. The maximum atomic E-state index is 7.84. The van der Waals surface area contributed by atoms with E-state index in [1.807, 2.05) is 0 Å². The zero-order chi connectivity index (χ0) is 6.12. The molecule has 0 aromatic heterocycles. The summed E-state index contributed by atoms with van der Waals surface area (Å²) in [5.41, 5.74) is 0. The highest BCUT2D eigenvalue weighted by Gasteiger charge is 1.66. The van der Waals surface area contributed by atoms with Crippen LogP contribution in [-0.4, -0.2) is 11.7 Å². The molecule has 0 aliphatic rings. The third-order valence-electron chi connectivity index (χ3n) is 0.224. The van der Waals surface area contributed by atoms with E-state index in [4.69, 9.17) is 15.6 Å². The fourth-order valence-corrected chi connectivity index (χ4v) is 0.0500. The number of nitrogens with zero attached hydrogens (tertiary/aromatic N) is 2. The summed E-state index contributed by atoms with van der Waals surface area (Å²) in [4.78, 5) is 0. The normalized spacial score (nSPS) is 4.86. The molecule has 3 heteroatoms. The van der Waals surface area contributed by atoms with Crippen molar-refractivity contribution in [3.05, 3.63) is 0 Å². The predicted molar refractivity (Wildman–Crippen MR) is 24.0 cm³/mol. The summed E-state index contributed by atoms with van der Waals surface area (Å²) in [7, 11) is 0. The van der Waals surface area contributed by atoms with Crippen LogP contribution in [0.25, 0.3) is 0 Å². The number of hydrogen-bond donors (Lipinski definition) is 1. The van der Waals surface area contributed by atoms with E-state index in [0.717, 1.165) is 0 Å². The summed E-state index contributed by atoms with van der Waals surface area (Å²) in [5.74, 6) is 0. The van der Waals surface area contributed by atoms with Crippen molar-refractivity contribution in [2.24, 2.45) is 0 Å². The molecule has 0 unspecified atom stereocenters. The summed E-state index contributed by atoms with van der Waals surface area (Å²) in [6.45, 7) is 3.48. The molecule has 3 nitrogen and oxygen atoms in total. The van der Waals surface area contributed by atoms with E-state index in [1.165, 1.54) is 0 Å². The van der Waals surface area contributed by atoms with E-state index in [1.54, 1.807) is 6.07 Å². The molecule has 0 saturated heterocycles. The molecule has 0 aliphatic heterocycles. The molecule has 1 N–H and O–H groups in total. The highest BCUT2D eigenvalue weighted by molar-refractivity contribution is 4.65. The van der Waals surface area contributed by atoms with Crippen LogP contribution in [0.15, 0.2) is 0 Å². The zero-order valence-corrected chi connectivity index (χ0v) is 3.83. The van der Waals surface area contributed by atoms with Crippen LogP contribution in [0.4, 0.5) is 0 Å². The van der Waals surface area contributed by atoms with Crippen LogP contribution in [0.5, 0.6) is 0 Å². The molecule has 0 heterocycles. The van der Waals surface area contributed by atoms with Crippen molar-refractivity contribution in [2.75, 3.05) is 6.61 Å². The SMILES string of the molecule is C#N.N#CCCO. The Bertz CT molecular complexity index is 71.5. The van der Waals surface area contributed by atoms with Crippen molar-refractivity contribution in [1.82, 2.24) is 0 Å². The first-order valence-corrected chi connectivity index (χ1v) is 1.65. The van der Waals surface area contributed by atoms with Gasteiger partial charge in [0.25, 0.3) is 0 Å². The molecule has 0 spiro atoms. The zero-order valence-electron chi connectivity index (χ0n) is 3.83. The molecule has 0 atom stereocenters. The number of aliphatic hydroxyl groups excluding tert-OH is 1. The van der Waals surface area contributed by atoms with Crippen LogP contribution >= 0.6 is 0 Å².